The lowest BCUT2D eigenvalue weighted by Gasteiger charge is -2.12. The summed E-state index contributed by atoms with van der Waals surface area (Å²) in [6.07, 6.45) is 1.82. The van der Waals surface area contributed by atoms with Crippen LogP contribution in [0.25, 0.3) is 6.08 Å². The van der Waals surface area contributed by atoms with Crippen molar-refractivity contribution in [3.63, 3.8) is 0 Å². The third-order valence-corrected chi connectivity index (χ3v) is 6.07. The Hall–Kier alpha value is -1.71. The molecule has 1 aliphatic rings. The van der Waals surface area contributed by atoms with Crippen LogP contribution in [0.15, 0.2) is 40.2 Å². The van der Waals surface area contributed by atoms with Gasteiger partial charge in [0.1, 0.15) is 0 Å². The predicted molar refractivity (Wildman–Crippen MR) is 124 cm³/mol. The van der Waals surface area contributed by atoms with E-state index in [1.807, 2.05) is 50.3 Å². The van der Waals surface area contributed by atoms with Gasteiger partial charge in [0.15, 0.2) is 16.7 Å². The number of aliphatic imine (C=N–C) groups is 1. The standard InChI is InChI=1S/C20H18ClIN2O3S/c1-4-27-16-9-12(8-14(22)18(16)26-3)10-17-19(25)24-20(28-17)23-15-7-5-6-13(21)11(15)2/h5-10H,4H2,1-3H3,(H,23,24,25)/b17-10+. The Bertz CT molecular complexity index is 992. The number of amidine groups is 1. The Labute approximate surface area is 186 Å². The second-order valence-corrected chi connectivity index (χ2v) is 8.43. The molecule has 2 aromatic rings. The van der Waals surface area contributed by atoms with Gasteiger partial charge < -0.3 is 14.8 Å². The highest BCUT2D eigenvalue weighted by Gasteiger charge is 2.24. The lowest BCUT2D eigenvalue weighted by atomic mass is 10.2. The number of methoxy groups -OCH3 is 1. The van der Waals surface area contributed by atoms with Crippen molar-refractivity contribution < 1.29 is 14.3 Å². The Morgan fingerprint density at radius 1 is 1.36 bits per heavy atom. The number of ether oxygens (including phenoxy) is 2. The maximum absolute atomic E-state index is 12.4. The van der Waals surface area contributed by atoms with Crippen molar-refractivity contribution in [1.82, 2.24) is 5.32 Å². The van der Waals surface area contributed by atoms with Crippen LogP contribution >= 0.6 is 46.0 Å². The number of benzene rings is 2. The van der Waals surface area contributed by atoms with Crippen molar-refractivity contribution in [2.45, 2.75) is 13.8 Å². The molecule has 1 N–H and O–H groups in total. The minimum atomic E-state index is -0.188. The fourth-order valence-electron chi connectivity index (χ4n) is 2.59. The zero-order valence-electron chi connectivity index (χ0n) is 15.5. The molecule has 1 saturated heterocycles. The van der Waals surface area contributed by atoms with Crippen molar-refractivity contribution in [3.05, 3.63) is 55.0 Å². The van der Waals surface area contributed by atoms with Crippen LogP contribution in [0.4, 0.5) is 5.69 Å². The number of rotatable bonds is 5. The molecular formula is C20H18ClIN2O3S. The molecule has 146 valence electrons. The summed E-state index contributed by atoms with van der Waals surface area (Å²) >= 11 is 9.63. The average Bonchev–Trinajstić information content (AvgIpc) is 2.98. The summed E-state index contributed by atoms with van der Waals surface area (Å²) in [6, 6.07) is 9.32. The van der Waals surface area contributed by atoms with Gasteiger partial charge >= 0.3 is 0 Å². The zero-order valence-corrected chi connectivity index (χ0v) is 19.2. The van der Waals surface area contributed by atoms with E-state index in [2.05, 4.69) is 32.9 Å². The van der Waals surface area contributed by atoms with E-state index in [0.29, 0.717) is 33.2 Å². The largest absolute Gasteiger partial charge is 0.492 e. The highest BCUT2D eigenvalue weighted by atomic mass is 127. The topological polar surface area (TPSA) is 59.9 Å². The van der Waals surface area contributed by atoms with E-state index in [-0.39, 0.29) is 5.91 Å². The van der Waals surface area contributed by atoms with Gasteiger partial charge in [0.25, 0.3) is 5.91 Å². The fourth-order valence-corrected chi connectivity index (χ4v) is 4.44. The molecule has 0 radical (unpaired) electrons. The Balaban J connectivity index is 1.91. The van der Waals surface area contributed by atoms with Gasteiger partial charge in [-0.3, -0.25) is 4.79 Å². The summed E-state index contributed by atoms with van der Waals surface area (Å²) in [7, 11) is 1.61. The van der Waals surface area contributed by atoms with E-state index in [9.17, 15) is 4.79 Å². The Morgan fingerprint density at radius 2 is 2.14 bits per heavy atom. The number of carbonyl (C=O) groups excluding carboxylic acids is 1. The summed E-state index contributed by atoms with van der Waals surface area (Å²) in [6.45, 7) is 4.34. The van der Waals surface area contributed by atoms with Crippen LogP contribution in [0.5, 0.6) is 11.5 Å². The molecule has 1 fully saturated rings. The third-order valence-electron chi connectivity index (χ3n) is 3.95. The molecule has 1 amide bonds. The monoisotopic (exact) mass is 528 g/mol. The van der Waals surface area contributed by atoms with Crippen molar-refractivity contribution >= 4 is 68.8 Å². The summed E-state index contributed by atoms with van der Waals surface area (Å²) in [4.78, 5) is 17.5. The van der Waals surface area contributed by atoms with Gasteiger partial charge in [-0.1, -0.05) is 17.7 Å². The van der Waals surface area contributed by atoms with Gasteiger partial charge in [-0.05, 0) is 89.7 Å². The summed E-state index contributed by atoms with van der Waals surface area (Å²) < 4.78 is 12.0. The second-order valence-electron chi connectivity index (χ2n) is 5.83. The minimum absolute atomic E-state index is 0.188. The number of amides is 1. The van der Waals surface area contributed by atoms with Crippen LogP contribution in [-0.2, 0) is 4.79 Å². The SMILES string of the molecule is CCOc1cc(/C=C2/SC(=Nc3cccc(Cl)c3C)NC2=O)cc(I)c1OC. The van der Waals surface area contributed by atoms with Crippen molar-refractivity contribution in [1.29, 1.82) is 0 Å². The van der Waals surface area contributed by atoms with Gasteiger partial charge in [-0.25, -0.2) is 4.99 Å². The number of carbonyl (C=O) groups is 1. The highest BCUT2D eigenvalue weighted by Crippen LogP contribution is 2.36. The molecule has 3 rings (SSSR count). The first-order chi connectivity index (χ1) is 13.4. The van der Waals surface area contributed by atoms with E-state index in [1.165, 1.54) is 11.8 Å². The number of nitrogens with one attached hydrogen (secondary N) is 1. The molecule has 0 saturated carbocycles. The molecule has 1 aliphatic heterocycles. The quantitative estimate of drug-likeness (QED) is 0.408. The molecule has 8 heteroatoms. The predicted octanol–water partition coefficient (Wildman–Crippen LogP) is 5.55. The normalized spacial score (nSPS) is 16.5. The first kappa shape index (κ1) is 21.0. The molecule has 0 aromatic heterocycles. The van der Waals surface area contributed by atoms with Crippen molar-refractivity contribution in [3.8, 4) is 11.5 Å². The summed E-state index contributed by atoms with van der Waals surface area (Å²) in [5.74, 6) is 1.15. The minimum Gasteiger partial charge on any atom is -0.492 e. The van der Waals surface area contributed by atoms with Gasteiger partial charge in [0, 0.05) is 5.02 Å². The van der Waals surface area contributed by atoms with Gasteiger partial charge in [0.2, 0.25) is 0 Å². The fraction of sp³-hybridized carbons (Fsp3) is 0.200. The van der Waals surface area contributed by atoms with Gasteiger partial charge in [-0.15, -0.1) is 0 Å². The highest BCUT2D eigenvalue weighted by molar-refractivity contribution is 14.1. The maximum Gasteiger partial charge on any atom is 0.264 e. The third kappa shape index (κ3) is 4.64. The van der Waals surface area contributed by atoms with Crippen LogP contribution in [0.1, 0.15) is 18.1 Å². The van der Waals surface area contributed by atoms with Crippen LogP contribution in [0.2, 0.25) is 5.02 Å². The van der Waals surface area contributed by atoms with Crippen LogP contribution in [0.3, 0.4) is 0 Å². The van der Waals surface area contributed by atoms with Crippen LogP contribution in [0, 0.1) is 10.5 Å². The summed E-state index contributed by atoms with van der Waals surface area (Å²) in [5, 5.41) is 3.97. The van der Waals surface area contributed by atoms with Crippen molar-refractivity contribution in [2.24, 2.45) is 4.99 Å². The molecule has 0 aliphatic carbocycles. The number of hydrogen-bond acceptors (Lipinski definition) is 5. The molecule has 0 spiro atoms. The molecule has 0 bridgehead atoms. The molecule has 28 heavy (non-hydrogen) atoms. The van der Waals surface area contributed by atoms with Gasteiger partial charge in [0.05, 0.1) is 27.9 Å². The van der Waals surface area contributed by atoms with E-state index < -0.39 is 0 Å². The van der Waals surface area contributed by atoms with E-state index >= 15 is 0 Å². The van der Waals surface area contributed by atoms with E-state index in [1.54, 1.807) is 7.11 Å². The molecular weight excluding hydrogens is 511 g/mol. The number of nitrogens with zero attached hydrogens (tertiary/aromatic N) is 1. The van der Waals surface area contributed by atoms with E-state index in [4.69, 9.17) is 21.1 Å². The van der Waals surface area contributed by atoms with E-state index in [0.717, 1.165) is 20.4 Å². The van der Waals surface area contributed by atoms with Gasteiger partial charge in [-0.2, -0.15) is 0 Å². The lowest BCUT2D eigenvalue weighted by Crippen LogP contribution is -2.19. The lowest BCUT2D eigenvalue weighted by molar-refractivity contribution is -0.115. The number of halogens is 2. The smallest absolute Gasteiger partial charge is 0.264 e. The Morgan fingerprint density at radius 3 is 2.86 bits per heavy atom. The molecule has 5 nitrogen and oxygen atoms in total. The summed E-state index contributed by atoms with van der Waals surface area (Å²) in [5.41, 5.74) is 2.45. The zero-order chi connectivity index (χ0) is 20.3. The average molecular weight is 529 g/mol. The second kappa shape index (κ2) is 9.19. The van der Waals surface area contributed by atoms with Crippen molar-refractivity contribution in [2.75, 3.05) is 13.7 Å². The number of thioether (sulfide) groups is 1. The first-order valence-electron chi connectivity index (χ1n) is 8.48. The maximum atomic E-state index is 12.4. The molecule has 0 unspecified atom stereocenters. The Kier molecular flexibility index (Phi) is 6.90. The molecule has 1 heterocycles. The molecule has 2 aromatic carbocycles. The van der Waals surface area contributed by atoms with Crippen LogP contribution < -0.4 is 14.8 Å². The first-order valence-corrected chi connectivity index (χ1v) is 10.7. The van der Waals surface area contributed by atoms with Crippen LogP contribution in [-0.4, -0.2) is 24.8 Å². The number of hydrogen-bond donors (Lipinski definition) is 1. The molecule has 0 atom stereocenters.